The van der Waals surface area contributed by atoms with E-state index < -0.39 is 0 Å². The van der Waals surface area contributed by atoms with Crippen molar-refractivity contribution in [2.24, 2.45) is 5.92 Å². The molecule has 3 unspecified atom stereocenters. The van der Waals surface area contributed by atoms with Crippen LogP contribution in [0.2, 0.25) is 0 Å². The molecule has 1 aromatic carbocycles. The SMILES string of the molecule is O=C(NCC1CN2CCCC2CO1)C1CCCN(Cc2cccc(F)c2)C1. The average Bonchev–Trinajstić information content (AvgIpc) is 3.14. The minimum absolute atomic E-state index is 0.00966. The molecule has 0 bridgehead atoms. The summed E-state index contributed by atoms with van der Waals surface area (Å²) in [6.07, 6.45) is 4.53. The Kier molecular flexibility index (Phi) is 6.05. The summed E-state index contributed by atoms with van der Waals surface area (Å²) in [6.45, 7) is 5.89. The Morgan fingerprint density at radius 3 is 3.00 bits per heavy atom. The molecule has 3 saturated heterocycles. The predicted molar refractivity (Wildman–Crippen MR) is 102 cm³/mol. The van der Waals surface area contributed by atoms with E-state index in [1.54, 1.807) is 12.1 Å². The summed E-state index contributed by atoms with van der Waals surface area (Å²) in [7, 11) is 0. The van der Waals surface area contributed by atoms with Crippen LogP contribution in [-0.2, 0) is 16.1 Å². The molecule has 6 heteroatoms. The fourth-order valence-corrected chi connectivity index (χ4v) is 4.67. The molecular weight excluding hydrogens is 345 g/mol. The van der Waals surface area contributed by atoms with Gasteiger partial charge >= 0.3 is 0 Å². The number of benzene rings is 1. The van der Waals surface area contributed by atoms with Gasteiger partial charge in [-0.25, -0.2) is 4.39 Å². The lowest BCUT2D eigenvalue weighted by Crippen LogP contribution is -2.51. The molecule has 4 rings (SSSR count). The normalized spacial score (nSPS) is 29.4. The maximum absolute atomic E-state index is 13.4. The highest BCUT2D eigenvalue weighted by molar-refractivity contribution is 5.79. The second-order valence-corrected chi connectivity index (χ2v) is 8.20. The van der Waals surface area contributed by atoms with Crippen LogP contribution in [0.25, 0.3) is 0 Å². The third-order valence-corrected chi connectivity index (χ3v) is 6.14. The highest BCUT2D eigenvalue weighted by Gasteiger charge is 2.33. The van der Waals surface area contributed by atoms with Gasteiger partial charge in [-0.15, -0.1) is 0 Å². The molecule has 3 aliphatic heterocycles. The highest BCUT2D eigenvalue weighted by Crippen LogP contribution is 2.23. The number of halogens is 1. The molecule has 0 saturated carbocycles. The Morgan fingerprint density at radius 1 is 1.22 bits per heavy atom. The summed E-state index contributed by atoms with van der Waals surface area (Å²) in [4.78, 5) is 17.4. The number of carbonyl (C=O) groups is 1. The van der Waals surface area contributed by atoms with Crippen molar-refractivity contribution in [3.05, 3.63) is 35.6 Å². The molecule has 27 heavy (non-hydrogen) atoms. The van der Waals surface area contributed by atoms with E-state index in [-0.39, 0.29) is 23.7 Å². The molecular formula is C21H30FN3O2. The predicted octanol–water partition coefficient (Wildman–Crippen LogP) is 2.02. The molecule has 3 aliphatic rings. The van der Waals surface area contributed by atoms with Crippen molar-refractivity contribution < 1.29 is 13.9 Å². The zero-order chi connectivity index (χ0) is 18.6. The minimum atomic E-state index is -0.202. The monoisotopic (exact) mass is 375 g/mol. The molecule has 0 aromatic heterocycles. The lowest BCUT2D eigenvalue weighted by atomic mass is 9.96. The quantitative estimate of drug-likeness (QED) is 0.855. The summed E-state index contributed by atoms with van der Waals surface area (Å²) in [5.41, 5.74) is 0.965. The number of nitrogens with one attached hydrogen (secondary N) is 1. The van der Waals surface area contributed by atoms with Gasteiger partial charge in [0.2, 0.25) is 5.91 Å². The van der Waals surface area contributed by atoms with Crippen molar-refractivity contribution >= 4 is 5.91 Å². The van der Waals surface area contributed by atoms with Crippen LogP contribution in [0.5, 0.6) is 0 Å². The number of likely N-dealkylation sites (tertiary alicyclic amines) is 1. The van der Waals surface area contributed by atoms with Gasteiger partial charge in [0.25, 0.3) is 0 Å². The van der Waals surface area contributed by atoms with Crippen LogP contribution < -0.4 is 5.32 Å². The highest BCUT2D eigenvalue weighted by atomic mass is 19.1. The van der Waals surface area contributed by atoms with Crippen LogP contribution in [0.4, 0.5) is 4.39 Å². The van der Waals surface area contributed by atoms with E-state index in [1.807, 2.05) is 6.07 Å². The molecule has 1 N–H and O–H groups in total. The summed E-state index contributed by atoms with van der Waals surface area (Å²) in [5, 5.41) is 3.12. The molecule has 3 heterocycles. The molecule has 1 aromatic rings. The molecule has 148 valence electrons. The van der Waals surface area contributed by atoms with Crippen molar-refractivity contribution in [1.29, 1.82) is 0 Å². The third kappa shape index (κ3) is 4.86. The van der Waals surface area contributed by atoms with Gasteiger partial charge < -0.3 is 10.1 Å². The van der Waals surface area contributed by atoms with Crippen molar-refractivity contribution in [2.45, 2.75) is 44.4 Å². The fraction of sp³-hybridized carbons (Fsp3) is 0.667. The number of carbonyl (C=O) groups excluding carboxylic acids is 1. The first-order valence-corrected chi connectivity index (χ1v) is 10.3. The van der Waals surface area contributed by atoms with Gasteiger partial charge in [-0.1, -0.05) is 12.1 Å². The van der Waals surface area contributed by atoms with Gasteiger partial charge in [0.1, 0.15) is 5.82 Å². The number of fused-ring (bicyclic) bond motifs is 1. The Balaban J connectivity index is 1.23. The number of piperidine rings is 1. The summed E-state index contributed by atoms with van der Waals surface area (Å²) in [6, 6.07) is 7.32. The van der Waals surface area contributed by atoms with Crippen molar-refractivity contribution in [2.75, 3.05) is 39.3 Å². The number of nitrogens with zero attached hydrogens (tertiary/aromatic N) is 2. The molecule has 3 atom stereocenters. The van der Waals surface area contributed by atoms with Crippen molar-refractivity contribution in [1.82, 2.24) is 15.1 Å². The van der Waals surface area contributed by atoms with E-state index >= 15 is 0 Å². The summed E-state index contributed by atoms with van der Waals surface area (Å²) < 4.78 is 19.3. The number of hydrogen-bond acceptors (Lipinski definition) is 4. The van der Waals surface area contributed by atoms with E-state index in [1.165, 1.54) is 18.9 Å². The summed E-state index contributed by atoms with van der Waals surface area (Å²) in [5.74, 6) is -0.0620. The number of amides is 1. The van der Waals surface area contributed by atoms with Crippen LogP contribution in [0, 0.1) is 11.7 Å². The van der Waals surface area contributed by atoms with E-state index in [0.29, 0.717) is 19.1 Å². The Labute approximate surface area is 160 Å². The van der Waals surface area contributed by atoms with E-state index in [0.717, 1.165) is 51.2 Å². The molecule has 0 aliphatic carbocycles. The second-order valence-electron chi connectivity index (χ2n) is 8.20. The lowest BCUT2D eigenvalue weighted by Gasteiger charge is -2.36. The smallest absolute Gasteiger partial charge is 0.224 e. The third-order valence-electron chi connectivity index (χ3n) is 6.14. The zero-order valence-corrected chi connectivity index (χ0v) is 15.9. The average molecular weight is 375 g/mol. The van der Waals surface area contributed by atoms with E-state index in [2.05, 4.69) is 15.1 Å². The Hall–Kier alpha value is -1.50. The maximum Gasteiger partial charge on any atom is 0.224 e. The molecule has 0 spiro atoms. The van der Waals surface area contributed by atoms with Gasteiger partial charge in [0.05, 0.1) is 18.6 Å². The van der Waals surface area contributed by atoms with Gasteiger partial charge in [-0.2, -0.15) is 0 Å². The first-order chi connectivity index (χ1) is 13.2. The topological polar surface area (TPSA) is 44.8 Å². The zero-order valence-electron chi connectivity index (χ0n) is 15.9. The number of rotatable bonds is 5. The first kappa shape index (κ1) is 18.8. The van der Waals surface area contributed by atoms with E-state index in [9.17, 15) is 9.18 Å². The largest absolute Gasteiger partial charge is 0.373 e. The molecule has 0 radical (unpaired) electrons. The van der Waals surface area contributed by atoms with Crippen LogP contribution in [0.3, 0.4) is 0 Å². The maximum atomic E-state index is 13.4. The van der Waals surface area contributed by atoms with Crippen LogP contribution in [-0.4, -0.2) is 67.2 Å². The van der Waals surface area contributed by atoms with Gasteiger partial charge in [-0.05, 0) is 56.5 Å². The van der Waals surface area contributed by atoms with Crippen molar-refractivity contribution in [3.63, 3.8) is 0 Å². The minimum Gasteiger partial charge on any atom is -0.373 e. The molecule has 1 amide bonds. The first-order valence-electron chi connectivity index (χ1n) is 10.3. The van der Waals surface area contributed by atoms with Crippen LogP contribution in [0.1, 0.15) is 31.2 Å². The van der Waals surface area contributed by atoms with Crippen LogP contribution >= 0.6 is 0 Å². The standard InChI is InChI=1S/C21H30FN3O2/c22-18-6-1-4-16(10-18)12-24-8-2-5-17(13-24)21(26)23-11-20-14-25-9-3-7-19(25)15-27-20/h1,4,6,10,17,19-20H,2-3,5,7-9,11-15H2,(H,23,26). The molecule has 3 fully saturated rings. The Bertz CT molecular complexity index is 656. The number of hydrogen-bond donors (Lipinski definition) is 1. The lowest BCUT2D eigenvalue weighted by molar-refractivity contribution is -0.128. The van der Waals surface area contributed by atoms with Gasteiger partial charge in [-0.3, -0.25) is 14.6 Å². The molecule has 5 nitrogen and oxygen atoms in total. The number of ether oxygens (including phenoxy) is 1. The Morgan fingerprint density at radius 2 is 2.11 bits per heavy atom. The van der Waals surface area contributed by atoms with Gasteiger partial charge in [0.15, 0.2) is 0 Å². The second kappa shape index (κ2) is 8.67. The van der Waals surface area contributed by atoms with Crippen molar-refractivity contribution in [3.8, 4) is 0 Å². The number of morpholine rings is 1. The summed E-state index contributed by atoms with van der Waals surface area (Å²) >= 11 is 0. The van der Waals surface area contributed by atoms with Gasteiger partial charge in [0, 0.05) is 32.2 Å². The van der Waals surface area contributed by atoms with E-state index in [4.69, 9.17) is 4.74 Å². The van der Waals surface area contributed by atoms with Crippen LogP contribution in [0.15, 0.2) is 24.3 Å². The fourth-order valence-electron chi connectivity index (χ4n) is 4.67.